The monoisotopic (exact) mass is 254 g/mol. The molecule has 0 saturated carbocycles. The standard InChI is InChI=1S/C12H22N4O2/c1-4-13-8(2)11-15-16-12(18-11)14-7-10-5-6-17-9(10)3/h8-10,13H,4-7H2,1-3H3,(H,14,16). The minimum absolute atomic E-state index is 0.0896. The van der Waals surface area contributed by atoms with E-state index in [4.69, 9.17) is 9.15 Å². The van der Waals surface area contributed by atoms with Gasteiger partial charge in [0.1, 0.15) is 0 Å². The molecule has 3 unspecified atom stereocenters. The summed E-state index contributed by atoms with van der Waals surface area (Å²) in [5.74, 6) is 1.14. The molecule has 6 nitrogen and oxygen atoms in total. The third kappa shape index (κ3) is 3.20. The fraction of sp³-hybridized carbons (Fsp3) is 0.833. The normalized spacial score (nSPS) is 25.3. The first-order chi connectivity index (χ1) is 8.70. The summed E-state index contributed by atoms with van der Waals surface area (Å²) in [5, 5.41) is 14.4. The first-order valence-electron chi connectivity index (χ1n) is 6.63. The second-order valence-electron chi connectivity index (χ2n) is 4.73. The summed E-state index contributed by atoms with van der Waals surface area (Å²) in [6.45, 7) is 8.70. The van der Waals surface area contributed by atoms with Crippen molar-refractivity contribution < 1.29 is 9.15 Å². The van der Waals surface area contributed by atoms with Gasteiger partial charge in [0.25, 0.3) is 0 Å². The predicted molar refractivity (Wildman–Crippen MR) is 68.4 cm³/mol. The van der Waals surface area contributed by atoms with E-state index in [1.807, 2.05) is 13.8 Å². The molecule has 1 aliphatic rings. The molecule has 0 spiro atoms. The average Bonchev–Trinajstić information content (AvgIpc) is 2.96. The molecule has 3 atom stereocenters. The quantitative estimate of drug-likeness (QED) is 0.803. The van der Waals surface area contributed by atoms with Crippen LogP contribution in [-0.4, -0.2) is 36.0 Å². The Morgan fingerprint density at radius 2 is 2.28 bits per heavy atom. The van der Waals surface area contributed by atoms with Gasteiger partial charge in [0.05, 0.1) is 12.1 Å². The Hall–Kier alpha value is -1.14. The van der Waals surface area contributed by atoms with Crippen molar-refractivity contribution in [1.82, 2.24) is 15.5 Å². The van der Waals surface area contributed by atoms with Crippen molar-refractivity contribution in [3.8, 4) is 0 Å². The number of nitrogens with one attached hydrogen (secondary N) is 2. The van der Waals surface area contributed by atoms with Crippen molar-refractivity contribution in [3.63, 3.8) is 0 Å². The lowest BCUT2D eigenvalue weighted by molar-refractivity contribution is 0.108. The molecule has 1 fully saturated rings. The first kappa shape index (κ1) is 13.3. The maximum atomic E-state index is 5.56. The molecule has 0 aromatic carbocycles. The van der Waals surface area contributed by atoms with Gasteiger partial charge in [-0.15, -0.1) is 5.10 Å². The maximum Gasteiger partial charge on any atom is 0.315 e. The van der Waals surface area contributed by atoms with Crippen molar-refractivity contribution in [2.45, 2.75) is 39.3 Å². The highest BCUT2D eigenvalue weighted by Gasteiger charge is 2.24. The Kier molecular flexibility index (Phi) is 4.54. The van der Waals surface area contributed by atoms with Crippen molar-refractivity contribution in [1.29, 1.82) is 0 Å². The van der Waals surface area contributed by atoms with E-state index < -0.39 is 0 Å². The van der Waals surface area contributed by atoms with E-state index in [-0.39, 0.29) is 6.04 Å². The van der Waals surface area contributed by atoms with Crippen molar-refractivity contribution in [2.75, 3.05) is 25.0 Å². The van der Waals surface area contributed by atoms with Crippen molar-refractivity contribution in [2.24, 2.45) is 5.92 Å². The molecule has 0 radical (unpaired) electrons. The molecule has 6 heteroatoms. The minimum atomic E-state index is 0.0896. The molecule has 0 amide bonds. The van der Waals surface area contributed by atoms with E-state index in [2.05, 4.69) is 27.8 Å². The summed E-state index contributed by atoms with van der Waals surface area (Å²) in [6.07, 6.45) is 1.39. The Morgan fingerprint density at radius 1 is 1.44 bits per heavy atom. The molecular weight excluding hydrogens is 232 g/mol. The van der Waals surface area contributed by atoms with E-state index in [1.165, 1.54) is 0 Å². The molecule has 0 bridgehead atoms. The zero-order chi connectivity index (χ0) is 13.0. The second kappa shape index (κ2) is 6.15. The third-order valence-corrected chi connectivity index (χ3v) is 3.37. The number of aromatic nitrogens is 2. The number of rotatable bonds is 6. The Morgan fingerprint density at radius 3 is 2.94 bits per heavy atom. The third-order valence-electron chi connectivity index (χ3n) is 3.37. The molecule has 18 heavy (non-hydrogen) atoms. The van der Waals surface area contributed by atoms with Crippen LogP contribution in [0.2, 0.25) is 0 Å². The van der Waals surface area contributed by atoms with Crippen LogP contribution >= 0.6 is 0 Å². The summed E-state index contributed by atoms with van der Waals surface area (Å²) >= 11 is 0. The van der Waals surface area contributed by atoms with E-state index in [0.717, 1.165) is 26.1 Å². The van der Waals surface area contributed by atoms with Crippen LogP contribution < -0.4 is 10.6 Å². The van der Waals surface area contributed by atoms with E-state index >= 15 is 0 Å². The molecule has 2 rings (SSSR count). The van der Waals surface area contributed by atoms with Crippen molar-refractivity contribution >= 4 is 6.01 Å². The largest absolute Gasteiger partial charge is 0.406 e. The molecule has 1 saturated heterocycles. The zero-order valence-electron chi connectivity index (χ0n) is 11.3. The first-order valence-corrected chi connectivity index (χ1v) is 6.63. The van der Waals surface area contributed by atoms with Crippen LogP contribution in [0.25, 0.3) is 0 Å². The molecule has 1 aromatic rings. The summed E-state index contributed by atoms with van der Waals surface area (Å²) in [4.78, 5) is 0. The van der Waals surface area contributed by atoms with Crippen molar-refractivity contribution in [3.05, 3.63) is 5.89 Å². The topological polar surface area (TPSA) is 72.2 Å². The van der Waals surface area contributed by atoms with Gasteiger partial charge < -0.3 is 19.8 Å². The van der Waals surface area contributed by atoms with Crippen LogP contribution in [0.15, 0.2) is 4.42 Å². The van der Waals surface area contributed by atoms with Gasteiger partial charge in [-0.1, -0.05) is 12.0 Å². The van der Waals surface area contributed by atoms with Gasteiger partial charge >= 0.3 is 6.01 Å². The lowest BCUT2D eigenvalue weighted by atomic mass is 10.0. The van der Waals surface area contributed by atoms with Gasteiger partial charge in [0, 0.05) is 19.1 Å². The summed E-state index contributed by atoms with van der Waals surface area (Å²) in [7, 11) is 0. The maximum absolute atomic E-state index is 5.56. The van der Waals surface area contributed by atoms with E-state index in [0.29, 0.717) is 23.9 Å². The van der Waals surface area contributed by atoms with Gasteiger partial charge in [-0.2, -0.15) is 0 Å². The Labute approximate surface area is 107 Å². The molecule has 1 aliphatic heterocycles. The highest BCUT2D eigenvalue weighted by atomic mass is 16.5. The Balaban J connectivity index is 1.83. The van der Waals surface area contributed by atoms with Crippen LogP contribution in [0.4, 0.5) is 6.01 Å². The van der Waals surface area contributed by atoms with Crippen LogP contribution in [0.1, 0.15) is 39.1 Å². The Bertz CT molecular complexity index is 369. The van der Waals surface area contributed by atoms with Gasteiger partial charge in [-0.3, -0.25) is 0 Å². The van der Waals surface area contributed by atoms with Gasteiger partial charge in [0.15, 0.2) is 0 Å². The van der Waals surface area contributed by atoms with Crippen LogP contribution in [0.5, 0.6) is 0 Å². The SMILES string of the molecule is CCNC(C)c1nnc(NCC2CCOC2C)o1. The van der Waals surface area contributed by atoms with Crippen LogP contribution in [0.3, 0.4) is 0 Å². The predicted octanol–water partition coefficient (Wildman–Crippen LogP) is 1.58. The van der Waals surface area contributed by atoms with Gasteiger partial charge in [-0.25, -0.2) is 0 Å². The number of hydrogen-bond acceptors (Lipinski definition) is 6. The minimum Gasteiger partial charge on any atom is -0.406 e. The second-order valence-corrected chi connectivity index (χ2v) is 4.73. The summed E-state index contributed by atoms with van der Waals surface area (Å²) < 4.78 is 11.1. The fourth-order valence-electron chi connectivity index (χ4n) is 2.14. The zero-order valence-corrected chi connectivity index (χ0v) is 11.3. The van der Waals surface area contributed by atoms with Crippen LogP contribution in [0, 0.1) is 5.92 Å². The number of ether oxygens (including phenoxy) is 1. The smallest absolute Gasteiger partial charge is 0.315 e. The number of nitrogens with zero attached hydrogens (tertiary/aromatic N) is 2. The molecule has 2 heterocycles. The highest BCUT2D eigenvalue weighted by Crippen LogP contribution is 2.21. The van der Waals surface area contributed by atoms with E-state index in [1.54, 1.807) is 0 Å². The van der Waals surface area contributed by atoms with Gasteiger partial charge in [0.2, 0.25) is 5.89 Å². The molecule has 0 aliphatic carbocycles. The molecular formula is C12H22N4O2. The van der Waals surface area contributed by atoms with Gasteiger partial charge in [-0.05, 0) is 26.8 Å². The van der Waals surface area contributed by atoms with E-state index in [9.17, 15) is 0 Å². The number of anilines is 1. The van der Waals surface area contributed by atoms with Crippen LogP contribution in [-0.2, 0) is 4.74 Å². The molecule has 2 N–H and O–H groups in total. The number of hydrogen-bond donors (Lipinski definition) is 2. The highest BCUT2D eigenvalue weighted by molar-refractivity contribution is 5.17. The summed E-state index contributed by atoms with van der Waals surface area (Å²) in [5.41, 5.74) is 0. The lowest BCUT2D eigenvalue weighted by Crippen LogP contribution is -2.20. The fourth-order valence-corrected chi connectivity index (χ4v) is 2.14. The lowest BCUT2D eigenvalue weighted by Gasteiger charge is -2.13. The summed E-state index contributed by atoms with van der Waals surface area (Å²) in [6, 6.07) is 0.584. The molecule has 102 valence electrons. The average molecular weight is 254 g/mol. The molecule has 1 aromatic heterocycles.